The van der Waals surface area contributed by atoms with E-state index in [0.29, 0.717) is 4.47 Å². The monoisotopic (exact) mass is 382 g/mol. The minimum Gasteiger partial charge on any atom is -0.506 e. The van der Waals surface area contributed by atoms with Crippen molar-refractivity contribution in [3.63, 3.8) is 0 Å². The molecule has 0 bridgehead atoms. The van der Waals surface area contributed by atoms with E-state index in [1.807, 2.05) is 6.07 Å². The van der Waals surface area contributed by atoms with Crippen LogP contribution in [0.3, 0.4) is 0 Å². The number of piperazine rings is 1. The van der Waals surface area contributed by atoms with E-state index in [-0.39, 0.29) is 11.8 Å². The zero-order valence-corrected chi connectivity index (χ0v) is 14.8. The van der Waals surface area contributed by atoms with Gasteiger partial charge >= 0.3 is 0 Å². The van der Waals surface area contributed by atoms with Gasteiger partial charge in [0.1, 0.15) is 11.5 Å². The lowest BCUT2D eigenvalue weighted by Gasteiger charge is -2.35. The van der Waals surface area contributed by atoms with Crippen molar-refractivity contribution in [3.05, 3.63) is 44.6 Å². The molecule has 6 heteroatoms. The van der Waals surface area contributed by atoms with Gasteiger partial charge in [0.05, 0.1) is 17.6 Å². The van der Waals surface area contributed by atoms with E-state index in [9.17, 15) is 5.11 Å². The predicted octanol–water partition coefficient (Wildman–Crippen LogP) is 3.22. The van der Waals surface area contributed by atoms with Gasteiger partial charge in [-0.05, 0) is 39.5 Å². The topological polar surface area (TPSA) is 44.7 Å². The second kappa shape index (κ2) is 7.00. The van der Waals surface area contributed by atoms with Gasteiger partial charge in [-0.1, -0.05) is 6.07 Å². The average Bonchev–Trinajstić information content (AvgIpc) is 3.06. The van der Waals surface area contributed by atoms with Crippen molar-refractivity contribution in [2.24, 2.45) is 0 Å². The highest BCUT2D eigenvalue weighted by Gasteiger charge is 2.28. The molecule has 3 rings (SSSR count). The standard InChI is InChI=1S/C16H19BrN2O2S/c1-21-11-9-12(16(20)13(17)10-11)15(14-3-2-8-22-14)19-6-4-18-5-7-19/h2-3,8-10,15,18,20H,4-7H2,1H3/t15-/m0/s1. The Balaban J connectivity index is 2.07. The van der Waals surface area contributed by atoms with Crippen molar-refractivity contribution in [1.82, 2.24) is 10.2 Å². The number of ether oxygens (including phenoxy) is 1. The lowest BCUT2D eigenvalue weighted by molar-refractivity contribution is 0.197. The molecule has 4 nitrogen and oxygen atoms in total. The third kappa shape index (κ3) is 3.15. The normalized spacial score (nSPS) is 17.4. The number of nitrogens with zero attached hydrogens (tertiary/aromatic N) is 1. The van der Waals surface area contributed by atoms with Gasteiger partial charge in [-0.3, -0.25) is 4.90 Å². The van der Waals surface area contributed by atoms with Crippen LogP contribution in [0, 0.1) is 0 Å². The fourth-order valence-corrected chi connectivity index (χ4v) is 4.17. The SMILES string of the molecule is COc1cc(Br)c(O)c([C@@H](c2cccs2)N2CCNCC2)c1. The Hall–Kier alpha value is -1.08. The molecule has 2 heterocycles. The number of methoxy groups -OCH3 is 1. The average molecular weight is 383 g/mol. The Kier molecular flexibility index (Phi) is 5.03. The second-order valence-corrected chi connectivity index (χ2v) is 7.08. The second-order valence-electron chi connectivity index (χ2n) is 5.25. The van der Waals surface area contributed by atoms with E-state index >= 15 is 0 Å². The highest BCUT2D eigenvalue weighted by Crippen LogP contribution is 2.42. The minimum atomic E-state index is 0.0495. The summed E-state index contributed by atoms with van der Waals surface area (Å²) in [5.41, 5.74) is 0.885. The van der Waals surface area contributed by atoms with Crippen LogP contribution < -0.4 is 10.1 Å². The van der Waals surface area contributed by atoms with E-state index in [1.54, 1.807) is 24.5 Å². The first-order valence-corrected chi connectivity index (χ1v) is 8.92. The van der Waals surface area contributed by atoms with E-state index in [2.05, 4.69) is 43.7 Å². The Morgan fingerprint density at radius 1 is 1.36 bits per heavy atom. The fourth-order valence-electron chi connectivity index (χ4n) is 2.84. The zero-order valence-electron chi connectivity index (χ0n) is 12.4. The molecule has 0 saturated carbocycles. The van der Waals surface area contributed by atoms with Gasteiger partial charge in [-0.25, -0.2) is 0 Å². The molecule has 0 unspecified atom stereocenters. The van der Waals surface area contributed by atoms with Crippen LogP contribution in [0.4, 0.5) is 0 Å². The van der Waals surface area contributed by atoms with Crippen molar-refractivity contribution in [2.75, 3.05) is 33.3 Å². The quantitative estimate of drug-likeness (QED) is 0.851. The summed E-state index contributed by atoms with van der Waals surface area (Å²) in [6.45, 7) is 3.84. The molecule has 2 N–H and O–H groups in total. The Morgan fingerprint density at radius 3 is 2.77 bits per heavy atom. The van der Waals surface area contributed by atoms with E-state index in [4.69, 9.17) is 4.74 Å². The van der Waals surface area contributed by atoms with Crippen molar-refractivity contribution in [2.45, 2.75) is 6.04 Å². The number of phenols is 1. The molecular weight excluding hydrogens is 364 g/mol. The summed E-state index contributed by atoms with van der Waals surface area (Å²) >= 11 is 5.15. The van der Waals surface area contributed by atoms with Gasteiger partial charge in [-0.15, -0.1) is 11.3 Å². The molecule has 22 heavy (non-hydrogen) atoms. The minimum absolute atomic E-state index is 0.0495. The summed E-state index contributed by atoms with van der Waals surface area (Å²) in [6.07, 6.45) is 0. The van der Waals surface area contributed by atoms with Crippen molar-refractivity contribution in [1.29, 1.82) is 0 Å². The largest absolute Gasteiger partial charge is 0.506 e. The molecule has 1 fully saturated rings. The number of hydrogen-bond donors (Lipinski definition) is 2. The maximum absolute atomic E-state index is 10.6. The van der Waals surface area contributed by atoms with Gasteiger partial charge in [0.2, 0.25) is 0 Å². The smallest absolute Gasteiger partial charge is 0.135 e. The molecule has 1 aliphatic heterocycles. The molecular formula is C16H19BrN2O2S. The fraction of sp³-hybridized carbons (Fsp3) is 0.375. The molecule has 1 aliphatic rings. The van der Waals surface area contributed by atoms with E-state index in [1.165, 1.54) is 4.88 Å². The summed E-state index contributed by atoms with van der Waals surface area (Å²) in [6, 6.07) is 7.97. The Morgan fingerprint density at radius 2 is 2.14 bits per heavy atom. The number of hydrogen-bond acceptors (Lipinski definition) is 5. The van der Waals surface area contributed by atoms with Crippen LogP contribution >= 0.6 is 27.3 Å². The molecule has 1 atom stereocenters. The third-order valence-electron chi connectivity index (χ3n) is 3.93. The van der Waals surface area contributed by atoms with Crippen LogP contribution in [0.2, 0.25) is 0 Å². The first-order chi connectivity index (χ1) is 10.7. The van der Waals surface area contributed by atoms with Crippen LogP contribution in [-0.4, -0.2) is 43.3 Å². The summed E-state index contributed by atoms with van der Waals surface area (Å²) in [5.74, 6) is 1.04. The number of rotatable bonds is 4. The van der Waals surface area contributed by atoms with Crippen molar-refractivity contribution < 1.29 is 9.84 Å². The molecule has 1 aromatic carbocycles. The molecule has 0 amide bonds. The Labute approximate surface area is 142 Å². The zero-order chi connectivity index (χ0) is 15.5. The van der Waals surface area contributed by atoms with Crippen molar-refractivity contribution >= 4 is 27.3 Å². The van der Waals surface area contributed by atoms with Crippen LogP contribution in [0.1, 0.15) is 16.5 Å². The van der Waals surface area contributed by atoms with E-state index < -0.39 is 0 Å². The molecule has 1 aromatic heterocycles. The molecule has 0 aliphatic carbocycles. The maximum Gasteiger partial charge on any atom is 0.135 e. The number of halogens is 1. The summed E-state index contributed by atoms with van der Waals surface area (Å²) in [5, 5.41) is 16.0. The summed E-state index contributed by atoms with van der Waals surface area (Å²) in [4.78, 5) is 3.64. The van der Waals surface area contributed by atoms with Gasteiger partial charge < -0.3 is 15.2 Å². The first kappa shape index (κ1) is 15.8. The lowest BCUT2D eigenvalue weighted by atomic mass is 10.0. The number of nitrogens with one attached hydrogen (secondary N) is 1. The molecule has 118 valence electrons. The predicted molar refractivity (Wildman–Crippen MR) is 93.0 cm³/mol. The number of benzene rings is 1. The van der Waals surface area contributed by atoms with Gasteiger partial charge in [-0.2, -0.15) is 0 Å². The molecule has 1 saturated heterocycles. The number of thiophene rings is 1. The molecule has 0 radical (unpaired) electrons. The van der Waals surface area contributed by atoms with Crippen LogP contribution in [0.5, 0.6) is 11.5 Å². The Bertz CT molecular complexity index is 627. The lowest BCUT2D eigenvalue weighted by Crippen LogP contribution is -2.45. The highest BCUT2D eigenvalue weighted by molar-refractivity contribution is 9.10. The van der Waals surface area contributed by atoms with Crippen LogP contribution in [-0.2, 0) is 0 Å². The van der Waals surface area contributed by atoms with Gasteiger partial charge in [0, 0.05) is 36.6 Å². The number of phenolic OH excluding ortho intramolecular Hbond substituents is 1. The van der Waals surface area contributed by atoms with Crippen molar-refractivity contribution in [3.8, 4) is 11.5 Å². The highest BCUT2D eigenvalue weighted by atomic mass is 79.9. The van der Waals surface area contributed by atoms with Crippen LogP contribution in [0.25, 0.3) is 0 Å². The van der Waals surface area contributed by atoms with Gasteiger partial charge in [0.15, 0.2) is 0 Å². The maximum atomic E-state index is 10.6. The molecule has 0 spiro atoms. The molecule has 2 aromatic rings. The number of aromatic hydroxyl groups is 1. The van der Waals surface area contributed by atoms with Crippen LogP contribution in [0.15, 0.2) is 34.1 Å². The summed E-state index contributed by atoms with van der Waals surface area (Å²) in [7, 11) is 1.65. The van der Waals surface area contributed by atoms with E-state index in [0.717, 1.165) is 37.5 Å². The summed E-state index contributed by atoms with van der Waals surface area (Å²) < 4.78 is 6.04. The van der Waals surface area contributed by atoms with Gasteiger partial charge in [0.25, 0.3) is 0 Å². The third-order valence-corrected chi connectivity index (χ3v) is 5.46. The first-order valence-electron chi connectivity index (χ1n) is 7.25.